The van der Waals surface area contributed by atoms with Crippen molar-refractivity contribution in [3.05, 3.63) is 36.6 Å². The smallest absolute Gasteiger partial charge is 0.307 e. The molecule has 0 amide bonds. The number of ether oxygens (including phenoxy) is 1. The van der Waals surface area contributed by atoms with Crippen molar-refractivity contribution in [1.29, 1.82) is 0 Å². The summed E-state index contributed by atoms with van der Waals surface area (Å²) >= 11 is 0. The van der Waals surface area contributed by atoms with Crippen LogP contribution in [0, 0.1) is 23.7 Å². The number of nitrogens with zero attached hydrogens (tertiary/aromatic N) is 1. The van der Waals surface area contributed by atoms with E-state index in [-0.39, 0.29) is 5.92 Å². The fourth-order valence-electron chi connectivity index (χ4n) is 4.56. The second-order valence-electron chi connectivity index (χ2n) is 7.97. The van der Waals surface area contributed by atoms with Gasteiger partial charge in [-0.25, -0.2) is 0 Å². The summed E-state index contributed by atoms with van der Waals surface area (Å²) < 4.78 is 5.69. The van der Waals surface area contributed by atoms with Crippen LogP contribution in [0.15, 0.2) is 36.6 Å². The highest BCUT2D eigenvalue weighted by atomic mass is 16.5. The van der Waals surface area contributed by atoms with Gasteiger partial charge in [-0.15, -0.1) is 0 Å². The zero-order chi connectivity index (χ0) is 17.8. The first-order chi connectivity index (χ1) is 12.0. The van der Waals surface area contributed by atoms with Crippen molar-refractivity contribution >= 4 is 5.97 Å². The Morgan fingerprint density at radius 2 is 1.80 bits per heavy atom. The minimum atomic E-state index is -0.627. The number of carboxylic acids is 1. The summed E-state index contributed by atoms with van der Waals surface area (Å²) in [5.41, 5.74) is 1.16. The Hall–Kier alpha value is -1.55. The van der Waals surface area contributed by atoms with E-state index in [1.54, 1.807) is 0 Å². The molecule has 0 spiro atoms. The molecule has 138 valence electrons. The summed E-state index contributed by atoms with van der Waals surface area (Å²) in [6, 6.07) is 0. The lowest BCUT2D eigenvalue weighted by molar-refractivity contribution is -0.139. The Labute approximate surface area is 151 Å². The number of carbonyl (C=O) groups is 1. The molecule has 2 aliphatic carbocycles. The molecule has 1 aliphatic heterocycles. The summed E-state index contributed by atoms with van der Waals surface area (Å²) in [5, 5.41) is 9.03. The van der Waals surface area contributed by atoms with Crippen LogP contribution >= 0.6 is 0 Å². The molecule has 4 nitrogen and oxygen atoms in total. The van der Waals surface area contributed by atoms with Crippen molar-refractivity contribution in [2.24, 2.45) is 23.7 Å². The molecule has 1 N–H and O–H groups in total. The van der Waals surface area contributed by atoms with Crippen LogP contribution in [0.4, 0.5) is 0 Å². The van der Waals surface area contributed by atoms with Crippen LogP contribution in [0.5, 0.6) is 0 Å². The number of hydrogen-bond acceptors (Lipinski definition) is 3. The topological polar surface area (TPSA) is 49.8 Å². The third-order valence-corrected chi connectivity index (χ3v) is 6.03. The van der Waals surface area contributed by atoms with E-state index in [0.29, 0.717) is 24.2 Å². The standard InChI is InChI=1S/C21H31NO3/c1-15(12-17-6-4-3-5-7-17)8-9-16(2)25-11-10-22-13-18-19(14-22)20(18)21(23)24/h8-9,17-20H,1-7,10-14H2,(H,23,24)/b9-8-. The molecular weight excluding hydrogens is 314 g/mol. The van der Waals surface area contributed by atoms with Gasteiger partial charge in [0.25, 0.3) is 0 Å². The number of allylic oxidation sites excluding steroid dienone is 3. The lowest BCUT2D eigenvalue weighted by Gasteiger charge is -2.21. The van der Waals surface area contributed by atoms with Crippen molar-refractivity contribution in [2.75, 3.05) is 26.2 Å². The number of likely N-dealkylation sites (tertiary alicyclic amines) is 1. The van der Waals surface area contributed by atoms with Crippen molar-refractivity contribution in [2.45, 2.75) is 38.5 Å². The van der Waals surface area contributed by atoms with E-state index in [9.17, 15) is 4.79 Å². The number of aliphatic carboxylic acids is 1. The molecule has 3 rings (SSSR count). The highest BCUT2D eigenvalue weighted by Gasteiger charge is 2.59. The van der Waals surface area contributed by atoms with Gasteiger partial charge in [-0.3, -0.25) is 9.69 Å². The highest BCUT2D eigenvalue weighted by molar-refractivity contribution is 5.74. The van der Waals surface area contributed by atoms with Gasteiger partial charge in [-0.05, 0) is 30.3 Å². The van der Waals surface area contributed by atoms with Crippen LogP contribution in [0.1, 0.15) is 38.5 Å². The van der Waals surface area contributed by atoms with Gasteiger partial charge in [0.05, 0.1) is 5.92 Å². The highest BCUT2D eigenvalue weighted by Crippen LogP contribution is 2.51. The van der Waals surface area contributed by atoms with Crippen LogP contribution in [0.3, 0.4) is 0 Å². The molecule has 0 aromatic heterocycles. The molecule has 0 aromatic carbocycles. The van der Waals surface area contributed by atoms with Crippen molar-refractivity contribution < 1.29 is 14.6 Å². The first kappa shape index (κ1) is 18.2. The molecule has 1 heterocycles. The molecule has 25 heavy (non-hydrogen) atoms. The minimum absolute atomic E-state index is 0.0924. The zero-order valence-corrected chi connectivity index (χ0v) is 15.2. The Bertz CT molecular complexity index is 535. The van der Waals surface area contributed by atoms with Gasteiger partial charge >= 0.3 is 5.97 Å². The Balaban J connectivity index is 1.27. The average Bonchev–Trinajstić information content (AvgIpc) is 3.11. The third-order valence-electron chi connectivity index (χ3n) is 6.03. The first-order valence-corrected chi connectivity index (χ1v) is 9.67. The van der Waals surface area contributed by atoms with E-state index >= 15 is 0 Å². The molecule has 0 bridgehead atoms. The van der Waals surface area contributed by atoms with Crippen LogP contribution < -0.4 is 0 Å². The lowest BCUT2D eigenvalue weighted by Crippen LogP contribution is -2.29. The van der Waals surface area contributed by atoms with Crippen LogP contribution in [0.2, 0.25) is 0 Å². The van der Waals surface area contributed by atoms with Gasteiger partial charge in [-0.2, -0.15) is 0 Å². The molecule has 1 saturated heterocycles. The summed E-state index contributed by atoms with van der Waals surface area (Å²) in [6.45, 7) is 11.3. The van der Waals surface area contributed by atoms with Gasteiger partial charge in [0.1, 0.15) is 12.4 Å². The summed E-state index contributed by atoms with van der Waals surface area (Å²) in [7, 11) is 0. The van der Waals surface area contributed by atoms with Crippen molar-refractivity contribution in [3.63, 3.8) is 0 Å². The first-order valence-electron chi connectivity index (χ1n) is 9.67. The molecule has 0 aromatic rings. The quantitative estimate of drug-likeness (QED) is 0.509. The van der Waals surface area contributed by atoms with Gasteiger partial charge in [0.2, 0.25) is 0 Å². The van der Waals surface area contributed by atoms with E-state index < -0.39 is 5.97 Å². The molecule has 4 heteroatoms. The number of carboxylic acid groups (broad SMARTS) is 1. The molecule has 2 unspecified atom stereocenters. The predicted molar refractivity (Wildman–Crippen MR) is 99.1 cm³/mol. The largest absolute Gasteiger partial charge is 0.493 e. The van der Waals surface area contributed by atoms with Crippen LogP contribution in [0.25, 0.3) is 0 Å². The Morgan fingerprint density at radius 1 is 1.12 bits per heavy atom. The Kier molecular flexibility index (Phi) is 6.00. The van der Waals surface area contributed by atoms with Crippen LogP contribution in [-0.2, 0) is 9.53 Å². The number of fused-ring (bicyclic) bond motifs is 1. The van der Waals surface area contributed by atoms with Crippen molar-refractivity contribution in [3.8, 4) is 0 Å². The van der Waals surface area contributed by atoms with Gasteiger partial charge in [0, 0.05) is 19.6 Å². The summed E-state index contributed by atoms with van der Waals surface area (Å²) in [5.74, 6) is 1.49. The van der Waals surface area contributed by atoms with Gasteiger partial charge in [0.15, 0.2) is 0 Å². The fraction of sp³-hybridized carbons (Fsp3) is 0.667. The summed E-state index contributed by atoms with van der Waals surface area (Å²) in [6.07, 6.45) is 11.8. The van der Waals surface area contributed by atoms with E-state index in [1.165, 1.54) is 32.1 Å². The van der Waals surface area contributed by atoms with Gasteiger partial charge < -0.3 is 9.84 Å². The minimum Gasteiger partial charge on any atom is -0.493 e. The second kappa shape index (κ2) is 8.22. The summed E-state index contributed by atoms with van der Waals surface area (Å²) in [4.78, 5) is 13.3. The maximum atomic E-state index is 11.0. The maximum Gasteiger partial charge on any atom is 0.307 e. The van der Waals surface area contributed by atoms with Gasteiger partial charge in [-0.1, -0.05) is 56.9 Å². The molecule has 3 fully saturated rings. The fourth-order valence-corrected chi connectivity index (χ4v) is 4.56. The second-order valence-corrected chi connectivity index (χ2v) is 7.97. The molecule has 2 saturated carbocycles. The van der Waals surface area contributed by atoms with E-state index in [0.717, 1.165) is 37.5 Å². The molecule has 2 atom stereocenters. The third kappa shape index (κ3) is 4.97. The van der Waals surface area contributed by atoms with Crippen molar-refractivity contribution in [1.82, 2.24) is 4.90 Å². The molecule has 0 radical (unpaired) electrons. The monoisotopic (exact) mass is 345 g/mol. The average molecular weight is 345 g/mol. The lowest BCUT2D eigenvalue weighted by atomic mass is 9.85. The number of hydrogen-bond donors (Lipinski definition) is 1. The zero-order valence-electron chi connectivity index (χ0n) is 15.2. The maximum absolute atomic E-state index is 11.0. The van der Waals surface area contributed by atoms with E-state index in [4.69, 9.17) is 9.84 Å². The molecular formula is C21H31NO3. The van der Waals surface area contributed by atoms with E-state index in [1.807, 2.05) is 12.2 Å². The van der Waals surface area contributed by atoms with E-state index in [2.05, 4.69) is 18.1 Å². The predicted octanol–water partition coefficient (Wildman–Crippen LogP) is 3.86. The van der Waals surface area contributed by atoms with Crippen LogP contribution in [-0.4, -0.2) is 42.2 Å². The molecule has 3 aliphatic rings. The SMILES string of the molecule is C=C(/C=C\C(=C)OCCN1CC2C(C1)C2C(=O)O)CC1CCCCC1. The Morgan fingerprint density at radius 3 is 2.44 bits per heavy atom. The normalized spacial score (nSPS) is 29.5. The number of piperidine rings is 1. The number of rotatable bonds is 9.